The van der Waals surface area contributed by atoms with E-state index in [1.807, 2.05) is 42.2 Å². The molecule has 0 saturated carbocycles. The molecule has 120 valence electrons. The predicted octanol–water partition coefficient (Wildman–Crippen LogP) is 1.58. The van der Waals surface area contributed by atoms with Crippen LogP contribution in [0.3, 0.4) is 0 Å². The molecular weight excluding hydrogens is 280 g/mol. The molecule has 1 aliphatic rings. The van der Waals surface area contributed by atoms with Crippen LogP contribution in [0.2, 0.25) is 0 Å². The summed E-state index contributed by atoms with van der Waals surface area (Å²) in [4.78, 5) is 25.8. The minimum atomic E-state index is -0.142. The molecule has 5 heteroatoms. The van der Waals surface area contributed by atoms with E-state index in [0.29, 0.717) is 26.2 Å². The average molecular weight is 304 g/mol. The summed E-state index contributed by atoms with van der Waals surface area (Å²) in [5, 5.41) is 2.92. The monoisotopic (exact) mass is 304 g/mol. The number of piperidine rings is 1. The van der Waals surface area contributed by atoms with Gasteiger partial charge in [0, 0.05) is 13.1 Å². The Hall–Kier alpha value is -1.88. The molecule has 1 unspecified atom stereocenters. The van der Waals surface area contributed by atoms with Crippen molar-refractivity contribution in [3.05, 3.63) is 35.9 Å². The number of hydrogen-bond acceptors (Lipinski definition) is 4. The minimum absolute atomic E-state index is 0.00615. The number of amides is 1. The van der Waals surface area contributed by atoms with Crippen LogP contribution in [0.15, 0.2) is 30.3 Å². The molecule has 0 aromatic heterocycles. The van der Waals surface area contributed by atoms with E-state index in [4.69, 9.17) is 4.74 Å². The van der Waals surface area contributed by atoms with E-state index in [9.17, 15) is 9.59 Å². The lowest BCUT2D eigenvalue weighted by Gasteiger charge is -2.30. The summed E-state index contributed by atoms with van der Waals surface area (Å²) < 4.78 is 5.07. The van der Waals surface area contributed by atoms with Crippen molar-refractivity contribution in [3.8, 4) is 0 Å². The number of carbonyl (C=O) groups is 2. The van der Waals surface area contributed by atoms with Gasteiger partial charge in [-0.3, -0.25) is 14.5 Å². The Labute approximate surface area is 131 Å². The van der Waals surface area contributed by atoms with Crippen molar-refractivity contribution < 1.29 is 14.3 Å². The first kappa shape index (κ1) is 16.5. The molecule has 1 heterocycles. The maximum absolute atomic E-state index is 12.0. The number of rotatable bonds is 6. The number of nitrogens with one attached hydrogen (secondary N) is 1. The van der Waals surface area contributed by atoms with Crippen LogP contribution < -0.4 is 5.32 Å². The number of hydrogen-bond donors (Lipinski definition) is 1. The first-order valence-electron chi connectivity index (χ1n) is 7.88. The zero-order valence-electron chi connectivity index (χ0n) is 13.1. The van der Waals surface area contributed by atoms with Gasteiger partial charge in [-0.25, -0.2) is 0 Å². The highest BCUT2D eigenvalue weighted by Gasteiger charge is 2.27. The van der Waals surface area contributed by atoms with Crippen molar-refractivity contribution in [2.24, 2.45) is 5.92 Å². The Balaban J connectivity index is 1.75. The van der Waals surface area contributed by atoms with Gasteiger partial charge in [0.05, 0.1) is 19.1 Å². The lowest BCUT2D eigenvalue weighted by molar-refractivity contribution is -0.150. The Kier molecular flexibility index (Phi) is 6.40. The molecule has 1 saturated heterocycles. The third-order valence-electron chi connectivity index (χ3n) is 3.83. The first-order chi connectivity index (χ1) is 10.7. The molecule has 0 radical (unpaired) electrons. The van der Waals surface area contributed by atoms with Crippen molar-refractivity contribution in [3.63, 3.8) is 0 Å². The van der Waals surface area contributed by atoms with Crippen LogP contribution in [-0.4, -0.2) is 43.0 Å². The van der Waals surface area contributed by atoms with Crippen molar-refractivity contribution in [2.45, 2.75) is 26.3 Å². The quantitative estimate of drug-likeness (QED) is 0.811. The number of carbonyl (C=O) groups excluding carboxylic acids is 2. The number of ether oxygens (including phenoxy) is 1. The first-order valence-corrected chi connectivity index (χ1v) is 7.88. The summed E-state index contributed by atoms with van der Waals surface area (Å²) in [5.41, 5.74) is 1.08. The fourth-order valence-electron chi connectivity index (χ4n) is 2.71. The topological polar surface area (TPSA) is 58.6 Å². The normalized spacial score (nSPS) is 18.7. The van der Waals surface area contributed by atoms with Crippen LogP contribution in [-0.2, 0) is 20.9 Å². The second-order valence-electron chi connectivity index (χ2n) is 5.59. The van der Waals surface area contributed by atoms with Gasteiger partial charge < -0.3 is 10.1 Å². The van der Waals surface area contributed by atoms with Crippen LogP contribution in [0.5, 0.6) is 0 Å². The number of esters is 1. The Morgan fingerprint density at radius 1 is 1.32 bits per heavy atom. The molecule has 22 heavy (non-hydrogen) atoms. The number of benzene rings is 1. The van der Waals surface area contributed by atoms with Gasteiger partial charge in [-0.15, -0.1) is 0 Å². The molecule has 0 aliphatic carbocycles. The highest BCUT2D eigenvalue weighted by Crippen LogP contribution is 2.17. The molecular formula is C17H24N2O3. The fraction of sp³-hybridized carbons (Fsp3) is 0.529. The summed E-state index contributed by atoms with van der Waals surface area (Å²) in [6.45, 7) is 4.56. The molecule has 1 amide bonds. The molecule has 0 bridgehead atoms. The van der Waals surface area contributed by atoms with Gasteiger partial charge in [-0.1, -0.05) is 30.3 Å². The second kappa shape index (κ2) is 8.54. The molecule has 1 N–H and O–H groups in total. The van der Waals surface area contributed by atoms with Gasteiger partial charge in [-0.05, 0) is 31.9 Å². The van der Waals surface area contributed by atoms with Crippen LogP contribution in [0.1, 0.15) is 25.3 Å². The third kappa shape index (κ3) is 5.15. The summed E-state index contributed by atoms with van der Waals surface area (Å²) in [7, 11) is 0. The van der Waals surface area contributed by atoms with Crippen molar-refractivity contribution in [1.82, 2.24) is 10.2 Å². The van der Waals surface area contributed by atoms with Crippen molar-refractivity contribution >= 4 is 11.9 Å². The summed E-state index contributed by atoms with van der Waals surface area (Å²) in [5.74, 6) is -0.249. The maximum Gasteiger partial charge on any atom is 0.310 e. The lowest BCUT2D eigenvalue weighted by Crippen LogP contribution is -2.44. The van der Waals surface area contributed by atoms with E-state index in [0.717, 1.165) is 24.9 Å². The summed E-state index contributed by atoms with van der Waals surface area (Å²) >= 11 is 0. The van der Waals surface area contributed by atoms with Gasteiger partial charge in [0.25, 0.3) is 0 Å². The summed E-state index contributed by atoms with van der Waals surface area (Å²) in [6.07, 6.45) is 1.77. The van der Waals surface area contributed by atoms with Gasteiger partial charge in [0.15, 0.2) is 0 Å². The third-order valence-corrected chi connectivity index (χ3v) is 3.83. The largest absolute Gasteiger partial charge is 0.466 e. The van der Waals surface area contributed by atoms with E-state index < -0.39 is 0 Å². The van der Waals surface area contributed by atoms with Gasteiger partial charge in [-0.2, -0.15) is 0 Å². The Morgan fingerprint density at radius 3 is 2.82 bits per heavy atom. The van der Waals surface area contributed by atoms with E-state index >= 15 is 0 Å². The van der Waals surface area contributed by atoms with E-state index in [1.165, 1.54) is 0 Å². The lowest BCUT2D eigenvalue weighted by atomic mass is 9.98. The Bertz CT molecular complexity index is 490. The number of nitrogens with zero attached hydrogens (tertiary/aromatic N) is 1. The smallest absolute Gasteiger partial charge is 0.310 e. The average Bonchev–Trinajstić information content (AvgIpc) is 2.54. The molecule has 1 atom stereocenters. The van der Waals surface area contributed by atoms with Gasteiger partial charge in [0.2, 0.25) is 5.91 Å². The van der Waals surface area contributed by atoms with E-state index in [2.05, 4.69) is 5.32 Å². The zero-order valence-corrected chi connectivity index (χ0v) is 13.1. The molecule has 1 aliphatic heterocycles. The van der Waals surface area contributed by atoms with Crippen LogP contribution in [0.25, 0.3) is 0 Å². The highest BCUT2D eigenvalue weighted by molar-refractivity contribution is 5.78. The SMILES string of the molecule is CCOC(=O)C1CCCN(CC(=O)NCc2ccccc2)C1. The van der Waals surface area contributed by atoms with Crippen LogP contribution in [0.4, 0.5) is 0 Å². The van der Waals surface area contributed by atoms with Gasteiger partial charge >= 0.3 is 5.97 Å². The Morgan fingerprint density at radius 2 is 2.09 bits per heavy atom. The predicted molar refractivity (Wildman–Crippen MR) is 84.1 cm³/mol. The minimum Gasteiger partial charge on any atom is -0.466 e. The maximum atomic E-state index is 12.0. The molecule has 1 fully saturated rings. The fourth-order valence-corrected chi connectivity index (χ4v) is 2.71. The zero-order chi connectivity index (χ0) is 15.8. The molecule has 2 rings (SSSR count). The van der Waals surface area contributed by atoms with Crippen LogP contribution >= 0.6 is 0 Å². The number of likely N-dealkylation sites (tertiary alicyclic amines) is 1. The van der Waals surface area contributed by atoms with E-state index in [1.54, 1.807) is 0 Å². The van der Waals surface area contributed by atoms with Gasteiger partial charge in [0.1, 0.15) is 0 Å². The highest BCUT2D eigenvalue weighted by atomic mass is 16.5. The van der Waals surface area contributed by atoms with Crippen molar-refractivity contribution in [1.29, 1.82) is 0 Å². The van der Waals surface area contributed by atoms with E-state index in [-0.39, 0.29) is 17.8 Å². The molecule has 5 nitrogen and oxygen atoms in total. The second-order valence-corrected chi connectivity index (χ2v) is 5.59. The molecule has 0 spiro atoms. The summed E-state index contributed by atoms with van der Waals surface area (Å²) in [6, 6.07) is 9.83. The van der Waals surface area contributed by atoms with Crippen LogP contribution in [0, 0.1) is 5.92 Å². The molecule has 1 aromatic carbocycles. The van der Waals surface area contributed by atoms with Crippen molar-refractivity contribution in [2.75, 3.05) is 26.2 Å². The standard InChI is InChI=1S/C17H24N2O3/c1-2-22-17(21)15-9-6-10-19(12-15)13-16(20)18-11-14-7-4-3-5-8-14/h3-5,7-8,15H,2,6,9-13H2,1H3,(H,18,20). The molecule has 1 aromatic rings.